The molecular weight excluding hydrogens is 280 g/mol. The van der Waals surface area contributed by atoms with Crippen LogP contribution in [0.2, 0.25) is 0 Å². The third-order valence-electron chi connectivity index (χ3n) is 4.60. The summed E-state index contributed by atoms with van der Waals surface area (Å²) < 4.78 is 17.8. The van der Waals surface area contributed by atoms with E-state index < -0.39 is 5.60 Å². The molecule has 2 saturated heterocycles. The Hall–Kier alpha value is -1.39. The molecule has 4 heteroatoms. The minimum Gasteiger partial charge on any atom is -0.456 e. The van der Waals surface area contributed by atoms with Gasteiger partial charge in [0.05, 0.1) is 6.61 Å². The Morgan fingerprint density at radius 3 is 2.82 bits per heavy atom. The van der Waals surface area contributed by atoms with Crippen LogP contribution in [-0.2, 0) is 19.0 Å². The molecule has 4 nitrogen and oxygen atoms in total. The van der Waals surface area contributed by atoms with Gasteiger partial charge in [-0.25, -0.2) is 0 Å². The largest absolute Gasteiger partial charge is 0.456 e. The smallest absolute Gasteiger partial charge is 0.306 e. The third-order valence-corrected chi connectivity index (χ3v) is 4.60. The average Bonchev–Trinajstić information content (AvgIpc) is 3.04. The molecule has 0 bridgehead atoms. The maximum atomic E-state index is 11.8. The number of rotatable bonds is 5. The fourth-order valence-electron chi connectivity index (χ4n) is 3.36. The number of hydrogen-bond acceptors (Lipinski definition) is 4. The van der Waals surface area contributed by atoms with E-state index in [2.05, 4.69) is 6.92 Å². The fraction of sp³-hybridized carbons (Fsp3) is 0.611. The molecule has 2 heterocycles. The highest BCUT2D eigenvalue weighted by atomic mass is 16.7. The first-order valence-electron chi connectivity index (χ1n) is 8.27. The summed E-state index contributed by atoms with van der Waals surface area (Å²) in [5.74, 6) is -0.103. The Kier molecular flexibility index (Phi) is 4.79. The quantitative estimate of drug-likeness (QED) is 0.777. The van der Waals surface area contributed by atoms with Crippen molar-refractivity contribution in [2.24, 2.45) is 0 Å². The van der Waals surface area contributed by atoms with Crippen LogP contribution in [-0.4, -0.2) is 24.3 Å². The van der Waals surface area contributed by atoms with Gasteiger partial charge in [-0.15, -0.1) is 0 Å². The van der Waals surface area contributed by atoms with Gasteiger partial charge in [0.15, 0.2) is 6.29 Å². The standard InChI is InChI=1S/C18H24O4/c1-2-3-11-18(12-7-10-16(19)22-18)15-13-20-17(21-15)14-8-5-4-6-9-14/h4-6,8-9,15,17H,2-3,7,10-13H2,1H3/t15-,17?,18+/m0/s1. The summed E-state index contributed by atoms with van der Waals surface area (Å²) >= 11 is 0. The highest BCUT2D eigenvalue weighted by Crippen LogP contribution is 2.41. The number of unbranched alkanes of at least 4 members (excludes halogenated alkanes) is 1. The lowest BCUT2D eigenvalue weighted by atomic mass is 9.83. The van der Waals surface area contributed by atoms with Crippen LogP contribution in [0.5, 0.6) is 0 Å². The second kappa shape index (κ2) is 6.80. The predicted molar refractivity (Wildman–Crippen MR) is 82.2 cm³/mol. The van der Waals surface area contributed by atoms with Crippen molar-refractivity contribution in [3.63, 3.8) is 0 Å². The summed E-state index contributed by atoms with van der Waals surface area (Å²) in [6, 6.07) is 9.92. The molecule has 0 aliphatic carbocycles. The number of carbonyl (C=O) groups excluding carboxylic acids is 1. The van der Waals surface area contributed by atoms with Gasteiger partial charge in [-0.1, -0.05) is 43.7 Å². The van der Waals surface area contributed by atoms with E-state index in [1.807, 2.05) is 30.3 Å². The van der Waals surface area contributed by atoms with Gasteiger partial charge in [0, 0.05) is 12.0 Å². The lowest BCUT2D eigenvalue weighted by molar-refractivity contribution is -0.191. The first-order chi connectivity index (χ1) is 10.7. The van der Waals surface area contributed by atoms with Crippen LogP contribution in [0.25, 0.3) is 0 Å². The Morgan fingerprint density at radius 1 is 1.27 bits per heavy atom. The SMILES string of the molecule is CCCC[C@]1([C@@H]2COC(c3ccccc3)O2)CCCC(=O)O1. The van der Waals surface area contributed by atoms with Gasteiger partial charge in [0.1, 0.15) is 11.7 Å². The van der Waals surface area contributed by atoms with Crippen LogP contribution >= 0.6 is 0 Å². The fourth-order valence-corrected chi connectivity index (χ4v) is 3.36. The first kappa shape index (κ1) is 15.5. The molecule has 0 saturated carbocycles. The van der Waals surface area contributed by atoms with Crippen molar-refractivity contribution in [2.45, 2.75) is 63.4 Å². The minimum atomic E-state index is -0.505. The first-order valence-corrected chi connectivity index (χ1v) is 8.27. The zero-order valence-electron chi connectivity index (χ0n) is 13.1. The molecule has 3 rings (SSSR count). The Labute approximate surface area is 131 Å². The third kappa shape index (κ3) is 3.18. The number of esters is 1. The molecule has 2 aliphatic heterocycles. The molecule has 0 radical (unpaired) electrons. The van der Waals surface area contributed by atoms with Crippen LogP contribution in [0, 0.1) is 0 Å². The van der Waals surface area contributed by atoms with Crippen LogP contribution in [0.15, 0.2) is 30.3 Å². The molecule has 0 N–H and O–H groups in total. The number of carbonyl (C=O) groups is 1. The van der Waals surface area contributed by atoms with Gasteiger partial charge in [-0.2, -0.15) is 0 Å². The normalized spacial score (nSPS) is 32.0. The van der Waals surface area contributed by atoms with Crippen molar-refractivity contribution in [1.29, 1.82) is 0 Å². The summed E-state index contributed by atoms with van der Waals surface area (Å²) in [6.07, 6.45) is 4.69. The molecule has 2 fully saturated rings. The van der Waals surface area contributed by atoms with E-state index in [4.69, 9.17) is 14.2 Å². The maximum Gasteiger partial charge on any atom is 0.306 e. The van der Waals surface area contributed by atoms with E-state index in [0.717, 1.165) is 37.7 Å². The molecule has 1 aromatic carbocycles. The second-order valence-electron chi connectivity index (χ2n) is 6.20. The van der Waals surface area contributed by atoms with Gasteiger partial charge in [-0.3, -0.25) is 4.79 Å². The number of ether oxygens (including phenoxy) is 3. The monoisotopic (exact) mass is 304 g/mol. The summed E-state index contributed by atoms with van der Waals surface area (Å²) in [5, 5.41) is 0. The molecule has 1 aromatic rings. The van der Waals surface area contributed by atoms with Crippen molar-refractivity contribution in [1.82, 2.24) is 0 Å². The van der Waals surface area contributed by atoms with Gasteiger partial charge >= 0.3 is 5.97 Å². The molecule has 1 unspecified atom stereocenters. The van der Waals surface area contributed by atoms with Crippen LogP contribution < -0.4 is 0 Å². The van der Waals surface area contributed by atoms with E-state index in [9.17, 15) is 4.79 Å². The molecule has 0 amide bonds. The predicted octanol–water partition coefficient (Wildman–Crippen LogP) is 3.76. The molecule has 0 spiro atoms. The van der Waals surface area contributed by atoms with Crippen molar-refractivity contribution >= 4 is 5.97 Å². The van der Waals surface area contributed by atoms with E-state index in [1.165, 1.54) is 0 Å². The Bertz CT molecular complexity index is 501. The van der Waals surface area contributed by atoms with Crippen LogP contribution in [0.4, 0.5) is 0 Å². The van der Waals surface area contributed by atoms with Crippen LogP contribution in [0.3, 0.4) is 0 Å². The zero-order valence-corrected chi connectivity index (χ0v) is 13.1. The van der Waals surface area contributed by atoms with Crippen molar-refractivity contribution < 1.29 is 19.0 Å². The Balaban J connectivity index is 1.73. The molecule has 120 valence electrons. The van der Waals surface area contributed by atoms with E-state index >= 15 is 0 Å². The van der Waals surface area contributed by atoms with E-state index in [0.29, 0.717) is 13.0 Å². The second-order valence-corrected chi connectivity index (χ2v) is 6.20. The lowest BCUT2D eigenvalue weighted by Gasteiger charge is -2.40. The number of benzene rings is 1. The molecule has 0 aromatic heterocycles. The zero-order chi connectivity index (χ0) is 15.4. The summed E-state index contributed by atoms with van der Waals surface area (Å²) in [6.45, 7) is 2.63. The number of cyclic esters (lactones) is 1. The van der Waals surface area contributed by atoms with Gasteiger partial charge < -0.3 is 14.2 Å². The summed E-state index contributed by atoms with van der Waals surface area (Å²) in [5.41, 5.74) is 0.507. The van der Waals surface area contributed by atoms with E-state index in [1.54, 1.807) is 0 Å². The lowest BCUT2D eigenvalue weighted by Crippen LogP contribution is -2.50. The topological polar surface area (TPSA) is 44.8 Å². The molecule has 2 aliphatic rings. The highest BCUT2D eigenvalue weighted by molar-refractivity contribution is 5.70. The molecule has 22 heavy (non-hydrogen) atoms. The summed E-state index contributed by atoms with van der Waals surface area (Å²) in [7, 11) is 0. The van der Waals surface area contributed by atoms with E-state index in [-0.39, 0.29) is 18.4 Å². The van der Waals surface area contributed by atoms with Crippen molar-refractivity contribution in [3.05, 3.63) is 35.9 Å². The van der Waals surface area contributed by atoms with Crippen molar-refractivity contribution in [3.8, 4) is 0 Å². The summed E-state index contributed by atoms with van der Waals surface area (Å²) in [4.78, 5) is 11.8. The molecular formula is C18H24O4. The van der Waals surface area contributed by atoms with Gasteiger partial charge in [0.2, 0.25) is 0 Å². The minimum absolute atomic E-state index is 0.103. The van der Waals surface area contributed by atoms with Gasteiger partial charge in [-0.05, 0) is 25.7 Å². The Morgan fingerprint density at radius 2 is 2.09 bits per heavy atom. The number of hydrogen-bond donors (Lipinski definition) is 0. The van der Waals surface area contributed by atoms with Gasteiger partial charge in [0.25, 0.3) is 0 Å². The average molecular weight is 304 g/mol. The molecule has 3 atom stereocenters. The van der Waals surface area contributed by atoms with Crippen LogP contribution in [0.1, 0.15) is 57.3 Å². The van der Waals surface area contributed by atoms with Crippen molar-refractivity contribution in [2.75, 3.05) is 6.61 Å². The maximum absolute atomic E-state index is 11.8. The highest BCUT2D eigenvalue weighted by Gasteiger charge is 2.48.